The lowest BCUT2D eigenvalue weighted by Crippen LogP contribution is -2.39. The van der Waals surface area contributed by atoms with Crippen molar-refractivity contribution in [3.63, 3.8) is 0 Å². The van der Waals surface area contributed by atoms with Crippen LogP contribution in [-0.2, 0) is 9.59 Å². The molecule has 0 atom stereocenters. The lowest BCUT2D eigenvalue weighted by atomic mass is 10.5. The van der Waals surface area contributed by atoms with Crippen LogP contribution < -0.4 is 11.1 Å². The molecule has 0 saturated heterocycles. The van der Waals surface area contributed by atoms with Crippen LogP contribution in [-0.4, -0.2) is 52.3 Å². The number of nitrogens with zero attached hydrogens (tertiary/aromatic N) is 3. The maximum atomic E-state index is 11.8. The van der Waals surface area contributed by atoms with E-state index in [1.165, 1.54) is 28.0 Å². The van der Waals surface area contributed by atoms with Crippen LogP contribution in [0.2, 0.25) is 0 Å². The molecule has 0 spiro atoms. The molecule has 1 aliphatic rings. The topological polar surface area (TPSA) is 101 Å². The van der Waals surface area contributed by atoms with Gasteiger partial charge in [0.1, 0.15) is 0 Å². The van der Waals surface area contributed by atoms with E-state index >= 15 is 0 Å². The van der Waals surface area contributed by atoms with Gasteiger partial charge in [0.15, 0.2) is 4.34 Å². The van der Waals surface area contributed by atoms with Crippen molar-refractivity contribution in [2.45, 2.75) is 23.2 Å². The maximum Gasteiger partial charge on any atom is 0.239 e. The number of hydrogen-bond donors (Lipinski definition) is 2. The second kappa shape index (κ2) is 6.20. The van der Waals surface area contributed by atoms with Crippen molar-refractivity contribution >= 4 is 40.0 Å². The number of carbonyl (C=O) groups is 2. The molecule has 2 rings (SSSR count). The molecule has 19 heavy (non-hydrogen) atoms. The van der Waals surface area contributed by atoms with Crippen molar-refractivity contribution in [3.05, 3.63) is 0 Å². The zero-order valence-electron chi connectivity index (χ0n) is 10.5. The summed E-state index contributed by atoms with van der Waals surface area (Å²) in [5, 5.41) is 10.7. The highest BCUT2D eigenvalue weighted by Gasteiger charge is 2.24. The van der Waals surface area contributed by atoms with Gasteiger partial charge in [-0.2, -0.15) is 0 Å². The van der Waals surface area contributed by atoms with E-state index in [-0.39, 0.29) is 24.1 Å². The van der Waals surface area contributed by atoms with Crippen LogP contribution in [0.3, 0.4) is 0 Å². The lowest BCUT2D eigenvalue weighted by Gasteiger charge is -2.16. The summed E-state index contributed by atoms with van der Waals surface area (Å²) in [5.41, 5.74) is 5.45. The molecule has 7 nitrogen and oxygen atoms in total. The third kappa shape index (κ3) is 4.67. The van der Waals surface area contributed by atoms with E-state index in [4.69, 9.17) is 5.73 Å². The molecule has 1 aromatic rings. The average Bonchev–Trinajstić information content (AvgIpc) is 3.06. The first-order chi connectivity index (χ1) is 9.04. The first-order valence-corrected chi connectivity index (χ1v) is 7.60. The van der Waals surface area contributed by atoms with Gasteiger partial charge in [-0.15, -0.1) is 10.2 Å². The Balaban J connectivity index is 1.70. The van der Waals surface area contributed by atoms with Gasteiger partial charge in [0.2, 0.25) is 16.9 Å². The molecular formula is C10H15N5O2S2. The third-order valence-electron chi connectivity index (χ3n) is 2.49. The fraction of sp³-hybridized carbons (Fsp3) is 0.600. The minimum Gasteiger partial charge on any atom is -0.374 e. The van der Waals surface area contributed by atoms with E-state index in [0.717, 1.165) is 12.8 Å². The molecular weight excluding hydrogens is 286 g/mol. The minimum atomic E-state index is -0.121. The number of aromatic nitrogens is 2. The van der Waals surface area contributed by atoms with Gasteiger partial charge in [-0.05, 0) is 12.8 Å². The van der Waals surface area contributed by atoms with Gasteiger partial charge in [0.25, 0.3) is 0 Å². The van der Waals surface area contributed by atoms with Gasteiger partial charge >= 0.3 is 0 Å². The van der Waals surface area contributed by atoms with E-state index in [1.54, 1.807) is 7.05 Å². The first-order valence-electron chi connectivity index (χ1n) is 5.79. The largest absolute Gasteiger partial charge is 0.374 e. The number of nitrogen functional groups attached to an aromatic ring is 1. The number of carbonyl (C=O) groups excluding carboxylic acids is 2. The van der Waals surface area contributed by atoms with Crippen molar-refractivity contribution in [3.8, 4) is 0 Å². The second-order valence-corrected chi connectivity index (χ2v) is 6.52. The predicted octanol–water partition coefficient (Wildman–Crippen LogP) is -0.0506. The second-order valence-electron chi connectivity index (χ2n) is 4.29. The Kier molecular flexibility index (Phi) is 4.59. The summed E-state index contributed by atoms with van der Waals surface area (Å²) >= 11 is 2.51. The Bertz CT molecular complexity index is 474. The Hall–Kier alpha value is -1.35. The van der Waals surface area contributed by atoms with Crippen LogP contribution >= 0.6 is 23.1 Å². The van der Waals surface area contributed by atoms with Crippen LogP contribution in [0.15, 0.2) is 4.34 Å². The summed E-state index contributed by atoms with van der Waals surface area (Å²) < 4.78 is 0.654. The summed E-state index contributed by atoms with van der Waals surface area (Å²) in [6.07, 6.45) is 2.08. The summed E-state index contributed by atoms with van der Waals surface area (Å²) in [7, 11) is 1.61. The monoisotopic (exact) mass is 301 g/mol. The van der Waals surface area contributed by atoms with Crippen molar-refractivity contribution in [1.82, 2.24) is 20.4 Å². The van der Waals surface area contributed by atoms with Crippen LogP contribution in [0.4, 0.5) is 5.13 Å². The number of thioether (sulfide) groups is 1. The van der Waals surface area contributed by atoms with Crippen LogP contribution in [0.5, 0.6) is 0 Å². The summed E-state index contributed by atoms with van der Waals surface area (Å²) in [6.45, 7) is 0.0914. The number of anilines is 1. The lowest BCUT2D eigenvalue weighted by molar-refractivity contribution is -0.132. The first kappa shape index (κ1) is 14.1. The fourth-order valence-corrected chi connectivity index (χ4v) is 2.89. The molecule has 0 bridgehead atoms. The molecule has 104 valence electrons. The highest BCUT2D eigenvalue weighted by Crippen LogP contribution is 2.23. The number of nitrogens with one attached hydrogen (secondary N) is 1. The Labute approximate surface area is 118 Å². The van der Waals surface area contributed by atoms with Gasteiger partial charge in [0.05, 0.1) is 12.3 Å². The van der Waals surface area contributed by atoms with Crippen molar-refractivity contribution in [2.75, 3.05) is 25.1 Å². The normalized spacial score (nSPS) is 14.2. The Morgan fingerprint density at radius 3 is 2.84 bits per heavy atom. The molecule has 0 aliphatic heterocycles. The van der Waals surface area contributed by atoms with Gasteiger partial charge in [0, 0.05) is 13.1 Å². The van der Waals surface area contributed by atoms with E-state index in [9.17, 15) is 9.59 Å². The molecule has 1 saturated carbocycles. The van der Waals surface area contributed by atoms with Crippen molar-refractivity contribution < 1.29 is 9.59 Å². The molecule has 1 aromatic heterocycles. The highest BCUT2D eigenvalue weighted by molar-refractivity contribution is 8.01. The molecule has 0 unspecified atom stereocenters. The number of likely N-dealkylation sites (N-methyl/N-ethyl adjacent to an activating group) is 1. The quantitative estimate of drug-likeness (QED) is 0.714. The van der Waals surface area contributed by atoms with Crippen LogP contribution in [0.25, 0.3) is 0 Å². The van der Waals surface area contributed by atoms with Crippen LogP contribution in [0, 0.1) is 0 Å². The van der Waals surface area contributed by atoms with Gasteiger partial charge in [-0.1, -0.05) is 23.1 Å². The number of nitrogens with two attached hydrogens (primary N) is 1. The third-order valence-corrected chi connectivity index (χ3v) is 4.36. The molecule has 3 N–H and O–H groups in total. The molecule has 0 radical (unpaired) electrons. The van der Waals surface area contributed by atoms with Crippen molar-refractivity contribution in [2.24, 2.45) is 0 Å². The summed E-state index contributed by atoms with van der Waals surface area (Å²) in [5.74, 6) is -0.00444. The molecule has 2 amide bonds. The van der Waals surface area contributed by atoms with Gasteiger partial charge in [-0.25, -0.2) is 0 Å². The highest BCUT2D eigenvalue weighted by atomic mass is 32.2. The Morgan fingerprint density at radius 2 is 2.26 bits per heavy atom. The summed E-state index contributed by atoms with van der Waals surface area (Å²) in [6, 6.07) is 0.315. The fourth-order valence-electron chi connectivity index (χ4n) is 1.32. The molecule has 1 fully saturated rings. The van der Waals surface area contributed by atoms with E-state index < -0.39 is 0 Å². The molecule has 1 heterocycles. The standard InChI is InChI=1S/C10H15N5O2S2/c1-15(4-7(16)12-6-2-3-6)8(17)5-18-10-14-13-9(11)19-10/h6H,2-5H2,1H3,(H2,11,13)(H,12,16). The number of amides is 2. The predicted molar refractivity (Wildman–Crippen MR) is 73.8 cm³/mol. The SMILES string of the molecule is CN(CC(=O)NC1CC1)C(=O)CSc1nnc(N)s1. The number of rotatable bonds is 6. The zero-order chi connectivity index (χ0) is 13.8. The van der Waals surface area contributed by atoms with Crippen LogP contribution in [0.1, 0.15) is 12.8 Å². The van der Waals surface area contributed by atoms with Crippen molar-refractivity contribution in [1.29, 1.82) is 0 Å². The molecule has 9 heteroatoms. The van der Waals surface area contributed by atoms with E-state index in [1.807, 2.05) is 0 Å². The minimum absolute atomic E-state index is 0.0914. The molecule has 1 aliphatic carbocycles. The average molecular weight is 301 g/mol. The van der Waals surface area contributed by atoms with E-state index in [2.05, 4.69) is 15.5 Å². The zero-order valence-corrected chi connectivity index (χ0v) is 12.1. The summed E-state index contributed by atoms with van der Waals surface area (Å²) in [4.78, 5) is 24.8. The van der Waals surface area contributed by atoms with Gasteiger partial charge < -0.3 is 16.0 Å². The Morgan fingerprint density at radius 1 is 1.53 bits per heavy atom. The maximum absolute atomic E-state index is 11.8. The smallest absolute Gasteiger partial charge is 0.239 e. The van der Waals surface area contributed by atoms with E-state index in [0.29, 0.717) is 15.5 Å². The molecule has 0 aromatic carbocycles. The van der Waals surface area contributed by atoms with Gasteiger partial charge in [-0.3, -0.25) is 9.59 Å². The number of hydrogen-bond acceptors (Lipinski definition) is 7.